The molecule has 13 heavy (non-hydrogen) atoms. The molecule has 0 amide bonds. The van der Waals surface area contributed by atoms with E-state index in [0.717, 1.165) is 12.0 Å². The van der Waals surface area contributed by atoms with E-state index >= 15 is 0 Å². The average Bonchev–Trinajstić information content (AvgIpc) is 2.15. The van der Waals surface area contributed by atoms with Crippen LogP contribution in [0.5, 0.6) is 0 Å². The number of carbonyl (C=O) groups excluding carboxylic acids is 1. The molecule has 0 aromatic heterocycles. The lowest BCUT2D eigenvalue weighted by Gasteiger charge is -2.05. The molecule has 0 saturated carbocycles. The lowest BCUT2D eigenvalue weighted by atomic mass is 10.0. The number of hydrogen-bond donors (Lipinski definition) is 0. The minimum Gasteiger partial charge on any atom is -0.295 e. The molecule has 0 atom stereocenters. The largest absolute Gasteiger partial charge is 0.295 e. The maximum atomic E-state index is 11.3. The molecule has 0 radical (unpaired) electrons. The van der Waals surface area contributed by atoms with Gasteiger partial charge in [-0.3, -0.25) is 4.79 Å². The second kappa shape index (κ2) is 6.88. The molecule has 0 fully saturated rings. The van der Waals surface area contributed by atoms with Gasteiger partial charge in [0.2, 0.25) is 0 Å². The quantitative estimate of drug-likeness (QED) is 0.450. The lowest BCUT2D eigenvalue weighted by molar-refractivity contribution is -0.115. The number of Topliss-reactive ketones (excluding diaryl/α,β-unsaturated/α-hetero) is 1. The first-order valence-electron chi connectivity index (χ1n) is 5.33. The summed E-state index contributed by atoms with van der Waals surface area (Å²) in [5.74, 6) is 0.300. The van der Waals surface area contributed by atoms with Gasteiger partial charge in [0.15, 0.2) is 5.78 Å². The van der Waals surface area contributed by atoms with Crippen LogP contribution in [0.1, 0.15) is 59.8 Å². The third-order valence-corrected chi connectivity index (χ3v) is 2.53. The number of unbranched alkanes of at least 4 members (excludes halogenated alkanes) is 2. The minimum atomic E-state index is 0.300. The Kier molecular flexibility index (Phi) is 6.56. The van der Waals surface area contributed by atoms with E-state index in [1.165, 1.54) is 24.8 Å². The van der Waals surface area contributed by atoms with E-state index in [9.17, 15) is 4.79 Å². The Morgan fingerprint density at radius 2 is 1.69 bits per heavy atom. The summed E-state index contributed by atoms with van der Waals surface area (Å²) in [6, 6.07) is 0. The highest BCUT2D eigenvalue weighted by atomic mass is 16.1. The number of ketones is 1. The molecule has 0 spiro atoms. The molecule has 76 valence electrons. The monoisotopic (exact) mass is 182 g/mol. The molecule has 1 nitrogen and oxygen atoms in total. The van der Waals surface area contributed by atoms with Gasteiger partial charge in [-0.05, 0) is 32.3 Å². The summed E-state index contributed by atoms with van der Waals surface area (Å²) >= 11 is 0. The van der Waals surface area contributed by atoms with Crippen LogP contribution < -0.4 is 0 Å². The van der Waals surface area contributed by atoms with Gasteiger partial charge >= 0.3 is 0 Å². The predicted octanol–water partition coefficient (Wildman–Crippen LogP) is 3.88. The Morgan fingerprint density at radius 1 is 1.08 bits per heavy atom. The Bertz CT molecular complexity index is 189. The van der Waals surface area contributed by atoms with Crippen LogP contribution in [0.2, 0.25) is 0 Å². The van der Waals surface area contributed by atoms with Gasteiger partial charge in [0, 0.05) is 6.42 Å². The molecule has 1 heteroatoms. The fraction of sp³-hybridized carbons (Fsp3) is 0.750. The van der Waals surface area contributed by atoms with Crippen LogP contribution in [0.4, 0.5) is 0 Å². The van der Waals surface area contributed by atoms with Crippen LogP contribution in [0.15, 0.2) is 11.1 Å². The summed E-state index contributed by atoms with van der Waals surface area (Å²) in [7, 11) is 0. The normalized spacial score (nSPS) is 12.6. The van der Waals surface area contributed by atoms with Crippen molar-refractivity contribution in [3.8, 4) is 0 Å². The van der Waals surface area contributed by atoms with Gasteiger partial charge < -0.3 is 0 Å². The van der Waals surface area contributed by atoms with E-state index in [4.69, 9.17) is 0 Å². The molecule has 0 unspecified atom stereocenters. The highest BCUT2D eigenvalue weighted by molar-refractivity contribution is 5.95. The zero-order valence-corrected chi connectivity index (χ0v) is 9.44. The van der Waals surface area contributed by atoms with Crippen molar-refractivity contribution in [3.05, 3.63) is 11.1 Å². The van der Waals surface area contributed by atoms with Crippen molar-refractivity contribution in [2.45, 2.75) is 59.8 Å². The molecule has 0 aliphatic rings. The molecule has 0 rings (SSSR count). The van der Waals surface area contributed by atoms with Crippen LogP contribution >= 0.6 is 0 Å². The van der Waals surface area contributed by atoms with E-state index in [-0.39, 0.29) is 0 Å². The summed E-state index contributed by atoms with van der Waals surface area (Å²) in [6.07, 6.45) is 5.46. The van der Waals surface area contributed by atoms with Crippen molar-refractivity contribution in [3.63, 3.8) is 0 Å². The lowest BCUT2D eigenvalue weighted by Crippen LogP contribution is -1.99. The maximum absolute atomic E-state index is 11.3. The summed E-state index contributed by atoms with van der Waals surface area (Å²) in [5.41, 5.74) is 2.26. The molecule has 0 aromatic rings. The first kappa shape index (κ1) is 12.4. The van der Waals surface area contributed by atoms with Crippen LogP contribution in [0, 0.1) is 0 Å². The molecular formula is C12H22O. The van der Waals surface area contributed by atoms with Gasteiger partial charge in [0.1, 0.15) is 0 Å². The van der Waals surface area contributed by atoms with Crippen molar-refractivity contribution < 1.29 is 4.79 Å². The molecule has 0 N–H and O–H groups in total. The fourth-order valence-corrected chi connectivity index (χ4v) is 1.33. The van der Waals surface area contributed by atoms with Crippen molar-refractivity contribution in [2.75, 3.05) is 0 Å². The van der Waals surface area contributed by atoms with Crippen molar-refractivity contribution in [2.24, 2.45) is 0 Å². The number of carbonyl (C=O) groups is 1. The summed E-state index contributed by atoms with van der Waals surface area (Å²) in [4.78, 5) is 11.3. The average molecular weight is 182 g/mol. The Labute approximate surface area is 82.2 Å². The summed E-state index contributed by atoms with van der Waals surface area (Å²) < 4.78 is 0. The molecule has 0 heterocycles. The summed E-state index contributed by atoms with van der Waals surface area (Å²) in [5, 5.41) is 0. The van der Waals surface area contributed by atoms with E-state index < -0.39 is 0 Å². The van der Waals surface area contributed by atoms with Crippen LogP contribution in [-0.4, -0.2) is 5.78 Å². The molecule has 0 aliphatic carbocycles. The zero-order chi connectivity index (χ0) is 10.3. The molecule has 0 saturated heterocycles. The first-order valence-corrected chi connectivity index (χ1v) is 5.33. The summed E-state index contributed by atoms with van der Waals surface area (Å²) in [6.45, 7) is 8.15. The second-order valence-corrected chi connectivity index (χ2v) is 3.64. The van der Waals surface area contributed by atoms with E-state index in [0.29, 0.717) is 12.2 Å². The highest BCUT2D eigenvalue weighted by Crippen LogP contribution is 2.14. The van der Waals surface area contributed by atoms with Gasteiger partial charge in [0.05, 0.1) is 0 Å². The number of allylic oxidation sites excluding steroid dienone is 2. The second-order valence-electron chi connectivity index (χ2n) is 3.64. The smallest absolute Gasteiger partial charge is 0.158 e. The minimum absolute atomic E-state index is 0.300. The van der Waals surface area contributed by atoms with Crippen molar-refractivity contribution in [1.82, 2.24) is 0 Å². The van der Waals surface area contributed by atoms with Crippen LogP contribution in [0.25, 0.3) is 0 Å². The highest BCUT2D eigenvalue weighted by Gasteiger charge is 2.04. The topological polar surface area (TPSA) is 17.1 Å². The standard InChI is InChI=1S/C12H22O/c1-5-7-8-9-10(3)11(4)12(13)6-2/h5-9H2,1-4H3/b11-10+. The Hall–Kier alpha value is -0.590. The van der Waals surface area contributed by atoms with Crippen LogP contribution in [-0.2, 0) is 4.79 Å². The van der Waals surface area contributed by atoms with Gasteiger partial charge in [-0.15, -0.1) is 0 Å². The fourth-order valence-electron chi connectivity index (χ4n) is 1.33. The van der Waals surface area contributed by atoms with E-state index in [1.54, 1.807) is 0 Å². The Balaban J connectivity index is 4.03. The van der Waals surface area contributed by atoms with Crippen LogP contribution in [0.3, 0.4) is 0 Å². The van der Waals surface area contributed by atoms with E-state index in [2.05, 4.69) is 13.8 Å². The third-order valence-electron chi connectivity index (χ3n) is 2.53. The molecule has 0 aromatic carbocycles. The van der Waals surface area contributed by atoms with E-state index in [1.807, 2.05) is 13.8 Å². The van der Waals surface area contributed by atoms with Crippen molar-refractivity contribution in [1.29, 1.82) is 0 Å². The van der Waals surface area contributed by atoms with Crippen molar-refractivity contribution >= 4 is 5.78 Å². The zero-order valence-electron chi connectivity index (χ0n) is 9.44. The van der Waals surface area contributed by atoms with Gasteiger partial charge in [0.25, 0.3) is 0 Å². The maximum Gasteiger partial charge on any atom is 0.158 e. The third kappa shape index (κ3) is 4.87. The first-order chi connectivity index (χ1) is 6.13. The van der Waals surface area contributed by atoms with Gasteiger partial charge in [-0.1, -0.05) is 32.3 Å². The van der Waals surface area contributed by atoms with Gasteiger partial charge in [-0.2, -0.15) is 0 Å². The number of hydrogen-bond acceptors (Lipinski definition) is 1. The Morgan fingerprint density at radius 3 is 2.15 bits per heavy atom. The molecule has 0 aliphatic heterocycles. The van der Waals surface area contributed by atoms with Gasteiger partial charge in [-0.25, -0.2) is 0 Å². The number of rotatable bonds is 6. The predicted molar refractivity (Wildman–Crippen MR) is 57.8 cm³/mol. The molecular weight excluding hydrogens is 160 g/mol. The SMILES string of the molecule is CCCCC/C(C)=C(\C)C(=O)CC. The molecule has 0 bridgehead atoms.